The molecule has 3 N–H and O–H groups in total. The van der Waals surface area contributed by atoms with Crippen LogP contribution in [0.4, 0.5) is 5.69 Å². The fourth-order valence-electron chi connectivity index (χ4n) is 1.92. The first-order chi connectivity index (χ1) is 10.0. The average Bonchev–Trinajstić information content (AvgIpc) is 2.49. The van der Waals surface area contributed by atoms with E-state index in [2.05, 4.69) is 21.2 Å². The van der Waals surface area contributed by atoms with Crippen molar-refractivity contribution in [2.75, 3.05) is 12.4 Å². The van der Waals surface area contributed by atoms with E-state index in [1.165, 1.54) is 0 Å². The average molecular weight is 288 g/mol. The SMILES string of the molecule is CNC(=O)c1ccc(NC(=O)C2=NNC(=O)CC2)c(C)c1. The van der Waals surface area contributed by atoms with Gasteiger partial charge in [-0.25, -0.2) is 5.43 Å². The highest BCUT2D eigenvalue weighted by molar-refractivity contribution is 6.43. The van der Waals surface area contributed by atoms with Crippen LogP contribution in [0.1, 0.15) is 28.8 Å². The summed E-state index contributed by atoms with van der Waals surface area (Å²) in [6.07, 6.45) is 0.563. The summed E-state index contributed by atoms with van der Waals surface area (Å²) in [6, 6.07) is 4.99. The Morgan fingerprint density at radius 3 is 2.57 bits per heavy atom. The van der Waals surface area contributed by atoms with Gasteiger partial charge in [-0.15, -0.1) is 0 Å². The summed E-state index contributed by atoms with van der Waals surface area (Å²) < 4.78 is 0. The Bertz CT molecular complexity index is 637. The van der Waals surface area contributed by atoms with Gasteiger partial charge in [-0.1, -0.05) is 0 Å². The van der Waals surface area contributed by atoms with Crippen molar-refractivity contribution in [2.24, 2.45) is 5.10 Å². The third-order valence-corrected chi connectivity index (χ3v) is 3.13. The van der Waals surface area contributed by atoms with Gasteiger partial charge in [0.15, 0.2) is 0 Å². The predicted molar refractivity (Wildman–Crippen MR) is 78.0 cm³/mol. The van der Waals surface area contributed by atoms with Crippen LogP contribution in [0.15, 0.2) is 23.3 Å². The Balaban J connectivity index is 2.11. The number of nitrogens with one attached hydrogen (secondary N) is 3. The van der Waals surface area contributed by atoms with Gasteiger partial charge in [-0.05, 0) is 30.7 Å². The lowest BCUT2D eigenvalue weighted by atomic mass is 10.1. The van der Waals surface area contributed by atoms with Crippen molar-refractivity contribution >= 4 is 29.1 Å². The van der Waals surface area contributed by atoms with Gasteiger partial charge >= 0.3 is 0 Å². The van der Waals surface area contributed by atoms with E-state index in [4.69, 9.17) is 0 Å². The topological polar surface area (TPSA) is 99.7 Å². The molecule has 0 spiro atoms. The van der Waals surface area contributed by atoms with Gasteiger partial charge in [0.2, 0.25) is 5.91 Å². The number of hydrogen-bond donors (Lipinski definition) is 3. The second kappa shape index (κ2) is 6.17. The Labute approximate surface area is 121 Å². The van der Waals surface area contributed by atoms with Gasteiger partial charge < -0.3 is 10.6 Å². The van der Waals surface area contributed by atoms with Crippen LogP contribution in [0.3, 0.4) is 0 Å². The molecule has 0 radical (unpaired) electrons. The smallest absolute Gasteiger partial charge is 0.271 e. The molecule has 7 heteroatoms. The molecule has 21 heavy (non-hydrogen) atoms. The highest BCUT2D eigenvalue weighted by atomic mass is 16.2. The standard InChI is InChI=1S/C14H16N4O3/c1-8-7-9(13(20)15-2)3-4-10(8)16-14(21)11-5-6-12(19)18-17-11/h3-4,7H,5-6H2,1-2H3,(H,15,20)(H,16,21)(H,18,19). The van der Waals surface area contributed by atoms with E-state index in [0.29, 0.717) is 17.7 Å². The van der Waals surface area contributed by atoms with Crippen molar-refractivity contribution in [2.45, 2.75) is 19.8 Å². The van der Waals surface area contributed by atoms with E-state index in [1.54, 1.807) is 32.2 Å². The van der Waals surface area contributed by atoms with E-state index >= 15 is 0 Å². The van der Waals surface area contributed by atoms with Crippen LogP contribution in [0.5, 0.6) is 0 Å². The fourth-order valence-corrected chi connectivity index (χ4v) is 1.92. The van der Waals surface area contributed by atoms with Crippen molar-refractivity contribution in [3.8, 4) is 0 Å². The lowest BCUT2D eigenvalue weighted by Gasteiger charge is -2.13. The van der Waals surface area contributed by atoms with Gasteiger partial charge in [0, 0.05) is 31.1 Å². The van der Waals surface area contributed by atoms with Crippen LogP contribution >= 0.6 is 0 Å². The second-order valence-corrected chi connectivity index (χ2v) is 4.66. The van der Waals surface area contributed by atoms with Gasteiger partial charge in [0.25, 0.3) is 11.8 Å². The number of nitrogens with zero attached hydrogens (tertiary/aromatic N) is 1. The van der Waals surface area contributed by atoms with Crippen LogP contribution in [0, 0.1) is 6.92 Å². The van der Waals surface area contributed by atoms with E-state index in [1.807, 2.05) is 0 Å². The van der Waals surface area contributed by atoms with Crippen molar-refractivity contribution in [1.82, 2.24) is 10.7 Å². The monoisotopic (exact) mass is 288 g/mol. The number of amides is 3. The number of carbonyl (C=O) groups excluding carboxylic acids is 3. The van der Waals surface area contributed by atoms with Crippen LogP contribution in [0.25, 0.3) is 0 Å². The molecule has 0 atom stereocenters. The Morgan fingerprint density at radius 2 is 2.00 bits per heavy atom. The molecule has 2 rings (SSSR count). The molecule has 0 saturated heterocycles. The number of carbonyl (C=O) groups is 3. The molecular weight excluding hydrogens is 272 g/mol. The highest BCUT2D eigenvalue weighted by Gasteiger charge is 2.19. The van der Waals surface area contributed by atoms with Crippen LogP contribution in [-0.2, 0) is 9.59 Å². The van der Waals surface area contributed by atoms with Crippen molar-refractivity contribution in [3.05, 3.63) is 29.3 Å². The molecule has 1 aliphatic rings. The third kappa shape index (κ3) is 3.44. The molecular formula is C14H16N4O3. The van der Waals surface area contributed by atoms with Crippen LogP contribution < -0.4 is 16.1 Å². The summed E-state index contributed by atoms with van der Waals surface area (Å²) >= 11 is 0. The van der Waals surface area contributed by atoms with E-state index < -0.39 is 0 Å². The molecule has 1 aromatic carbocycles. The molecule has 3 amide bonds. The molecule has 0 saturated carbocycles. The molecule has 110 valence electrons. The minimum absolute atomic E-state index is 0.185. The van der Waals surface area contributed by atoms with Gasteiger partial charge in [-0.2, -0.15) is 5.10 Å². The van der Waals surface area contributed by atoms with Crippen molar-refractivity contribution < 1.29 is 14.4 Å². The molecule has 0 bridgehead atoms. The molecule has 7 nitrogen and oxygen atoms in total. The number of aryl methyl sites for hydroxylation is 1. The lowest BCUT2D eigenvalue weighted by molar-refractivity contribution is -0.121. The third-order valence-electron chi connectivity index (χ3n) is 3.13. The van der Waals surface area contributed by atoms with E-state index in [-0.39, 0.29) is 29.9 Å². The summed E-state index contributed by atoms with van der Waals surface area (Å²) in [7, 11) is 1.56. The Kier molecular flexibility index (Phi) is 4.32. The summed E-state index contributed by atoms with van der Waals surface area (Å²) in [5, 5.41) is 9.00. The lowest BCUT2D eigenvalue weighted by Crippen LogP contribution is -2.32. The first-order valence-corrected chi connectivity index (χ1v) is 6.50. The zero-order valence-electron chi connectivity index (χ0n) is 11.8. The summed E-state index contributed by atoms with van der Waals surface area (Å²) in [5.41, 5.74) is 4.46. The predicted octanol–water partition coefficient (Wildman–Crippen LogP) is 0.559. The maximum absolute atomic E-state index is 12.0. The molecule has 1 aliphatic heterocycles. The second-order valence-electron chi connectivity index (χ2n) is 4.66. The fraction of sp³-hybridized carbons (Fsp3) is 0.286. The number of rotatable bonds is 3. The maximum atomic E-state index is 12.0. The largest absolute Gasteiger partial charge is 0.355 e. The number of hydrazone groups is 1. The first kappa shape index (κ1) is 14.7. The molecule has 0 aromatic heterocycles. The molecule has 0 unspecified atom stereocenters. The summed E-state index contributed by atoms with van der Waals surface area (Å²) in [5.74, 6) is -0.737. The van der Waals surface area contributed by atoms with Crippen LogP contribution in [-0.4, -0.2) is 30.5 Å². The molecule has 0 aliphatic carbocycles. The van der Waals surface area contributed by atoms with Gasteiger partial charge in [-0.3, -0.25) is 14.4 Å². The molecule has 1 heterocycles. The zero-order valence-corrected chi connectivity index (χ0v) is 11.8. The van der Waals surface area contributed by atoms with Gasteiger partial charge in [0.05, 0.1) is 0 Å². The number of anilines is 1. The summed E-state index contributed by atoms with van der Waals surface area (Å²) in [6.45, 7) is 1.80. The molecule has 0 fully saturated rings. The first-order valence-electron chi connectivity index (χ1n) is 6.50. The molecule has 1 aromatic rings. The van der Waals surface area contributed by atoms with Crippen molar-refractivity contribution in [3.63, 3.8) is 0 Å². The minimum Gasteiger partial charge on any atom is -0.355 e. The zero-order chi connectivity index (χ0) is 15.4. The highest BCUT2D eigenvalue weighted by Crippen LogP contribution is 2.17. The Morgan fingerprint density at radius 1 is 1.24 bits per heavy atom. The van der Waals surface area contributed by atoms with Gasteiger partial charge in [0.1, 0.15) is 5.71 Å². The van der Waals surface area contributed by atoms with E-state index in [9.17, 15) is 14.4 Å². The maximum Gasteiger partial charge on any atom is 0.271 e. The summed E-state index contributed by atoms with van der Waals surface area (Å²) in [4.78, 5) is 34.5. The quantitative estimate of drug-likeness (QED) is 0.757. The van der Waals surface area contributed by atoms with E-state index in [0.717, 1.165) is 5.56 Å². The normalized spacial score (nSPS) is 14.0. The number of hydrogen-bond acceptors (Lipinski definition) is 4. The minimum atomic E-state index is -0.356. The van der Waals surface area contributed by atoms with Crippen molar-refractivity contribution in [1.29, 1.82) is 0 Å². The van der Waals surface area contributed by atoms with Crippen LogP contribution in [0.2, 0.25) is 0 Å². The number of benzene rings is 1. The Hall–Kier alpha value is -2.70.